The molecule has 0 aromatic carbocycles. The molecule has 0 radical (unpaired) electrons. The molecule has 1 aliphatic carbocycles. The van der Waals surface area contributed by atoms with Crippen LogP contribution in [0, 0.1) is 0 Å². The second kappa shape index (κ2) is 5.64. The maximum absolute atomic E-state index is 12.3. The van der Waals surface area contributed by atoms with Crippen molar-refractivity contribution in [1.29, 1.82) is 0 Å². The van der Waals surface area contributed by atoms with E-state index in [1.165, 1.54) is 0 Å². The molecule has 1 heterocycles. The fraction of sp³-hybridized carbons (Fsp3) is 0.615. The molecule has 1 aromatic rings. The van der Waals surface area contributed by atoms with Crippen LogP contribution in [0.4, 0.5) is 0 Å². The van der Waals surface area contributed by atoms with Gasteiger partial charge in [0.1, 0.15) is 5.69 Å². The minimum absolute atomic E-state index is 0.262. The van der Waals surface area contributed by atoms with E-state index in [1.807, 2.05) is 17.7 Å². The molecule has 106 valence electrons. The summed E-state index contributed by atoms with van der Waals surface area (Å²) in [6.07, 6.45) is 4.54. The number of carbonyl (C=O) groups excluding carboxylic acids is 1. The van der Waals surface area contributed by atoms with Crippen molar-refractivity contribution in [3.05, 3.63) is 22.4 Å². The fourth-order valence-corrected chi connectivity index (χ4v) is 2.47. The lowest BCUT2D eigenvalue weighted by molar-refractivity contribution is 0.0645. The van der Waals surface area contributed by atoms with E-state index >= 15 is 0 Å². The zero-order valence-corrected chi connectivity index (χ0v) is 12.5. The van der Waals surface area contributed by atoms with E-state index in [-0.39, 0.29) is 19.1 Å². The van der Waals surface area contributed by atoms with Crippen molar-refractivity contribution in [2.45, 2.75) is 37.8 Å². The largest absolute Gasteiger partial charge is 0.394 e. The molecule has 0 bridgehead atoms. The average Bonchev–Trinajstić information content (AvgIpc) is 3.19. The maximum Gasteiger partial charge on any atom is 0.268 e. The average molecular weight is 331 g/mol. The Morgan fingerprint density at radius 3 is 2.63 bits per heavy atom. The molecular weight excluding hydrogens is 312 g/mol. The number of aliphatic hydroxyl groups excluding tert-OH is 2. The highest BCUT2D eigenvalue weighted by atomic mass is 79.9. The van der Waals surface area contributed by atoms with Gasteiger partial charge in [-0.2, -0.15) is 0 Å². The SMILES string of the molecule is CCC(CO)(CO)NC(=O)c1cc(Br)cn1C1CC1. The van der Waals surface area contributed by atoms with Gasteiger partial charge in [-0.15, -0.1) is 0 Å². The summed E-state index contributed by atoms with van der Waals surface area (Å²) in [7, 11) is 0. The molecular formula is C13H19BrN2O3. The van der Waals surface area contributed by atoms with Gasteiger partial charge in [-0.05, 0) is 41.3 Å². The molecule has 0 saturated heterocycles. The van der Waals surface area contributed by atoms with Crippen molar-refractivity contribution in [3.63, 3.8) is 0 Å². The first-order valence-corrected chi connectivity index (χ1v) is 7.26. The van der Waals surface area contributed by atoms with Crippen LogP contribution in [-0.4, -0.2) is 39.4 Å². The van der Waals surface area contributed by atoms with Gasteiger partial charge in [-0.3, -0.25) is 4.79 Å². The molecule has 5 nitrogen and oxygen atoms in total. The van der Waals surface area contributed by atoms with Crippen LogP contribution in [0.15, 0.2) is 16.7 Å². The smallest absolute Gasteiger partial charge is 0.268 e. The van der Waals surface area contributed by atoms with Gasteiger partial charge in [-0.25, -0.2) is 0 Å². The fourth-order valence-electron chi connectivity index (χ4n) is 2.03. The van der Waals surface area contributed by atoms with Crippen LogP contribution in [0.1, 0.15) is 42.7 Å². The molecule has 3 N–H and O–H groups in total. The van der Waals surface area contributed by atoms with E-state index in [0.717, 1.165) is 17.3 Å². The number of nitrogens with one attached hydrogen (secondary N) is 1. The van der Waals surface area contributed by atoms with Crippen molar-refractivity contribution < 1.29 is 15.0 Å². The second-order valence-electron chi connectivity index (χ2n) is 5.09. The van der Waals surface area contributed by atoms with Gasteiger partial charge >= 0.3 is 0 Å². The molecule has 1 aliphatic rings. The summed E-state index contributed by atoms with van der Waals surface area (Å²) in [5, 5.41) is 21.5. The summed E-state index contributed by atoms with van der Waals surface area (Å²) in [6, 6.07) is 2.16. The Kier molecular flexibility index (Phi) is 4.32. The zero-order chi connectivity index (χ0) is 14.0. The molecule has 2 rings (SSSR count). The van der Waals surface area contributed by atoms with E-state index in [4.69, 9.17) is 0 Å². The lowest BCUT2D eigenvalue weighted by atomic mass is 9.98. The summed E-state index contributed by atoms with van der Waals surface area (Å²) >= 11 is 3.38. The van der Waals surface area contributed by atoms with Crippen molar-refractivity contribution in [3.8, 4) is 0 Å². The van der Waals surface area contributed by atoms with Gasteiger partial charge < -0.3 is 20.1 Å². The number of hydrogen-bond acceptors (Lipinski definition) is 3. The highest BCUT2D eigenvalue weighted by Gasteiger charge is 2.32. The Bertz CT molecular complexity index is 456. The molecule has 6 heteroatoms. The molecule has 1 aromatic heterocycles. The van der Waals surface area contributed by atoms with Gasteiger partial charge in [0, 0.05) is 16.7 Å². The molecule has 0 spiro atoms. The third kappa shape index (κ3) is 3.01. The van der Waals surface area contributed by atoms with E-state index in [0.29, 0.717) is 18.2 Å². The molecule has 0 unspecified atom stereocenters. The topological polar surface area (TPSA) is 74.5 Å². The monoisotopic (exact) mass is 330 g/mol. The van der Waals surface area contributed by atoms with E-state index in [1.54, 1.807) is 6.07 Å². The molecule has 1 amide bonds. The summed E-state index contributed by atoms with van der Waals surface area (Å²) in [5.41, 5.74) is -0.392. The Labute approximate surface area is 120 Å². The number of amides is 1. The predicted octanol–water partition coefficient (Wildman–Crippen LogP) is 1.45. The van der Waals surface area contributed by atoms with Gasteiger partial charge in [0.05, 0.1) is 18.8 Å². The van der Waals surface area contributed by atoms with Crippen LogP contribution in [0.5, 0.6) is 0 Å². The van der Waals surface area contributed by atoms with Crippen LogP contribution in [0.2, 0.25) is 0 Å². The maximum atomic E-state index is 12.3. The van der Waals surface area contributed by atoms with Crippen LogP contribution < -0.4 is 5.32 Å². The van der Waals surface area contributed by atoms with E-state index < -0.39 is 5.54 Å². The minimum atomic E-state index is -0.956. The Hall–Kier alpha value is -0.850. The first-order valence-electron chi connectivity index (χ1n) is 6.47. The highest BCUT2D eigenvalue weighted by Crippen LogP contribution is 2.37. The molecule has 0 atom stereocenters. The van der Waals surface area contributed by atoms with E-state index in [2.05, 4.69) is 21.2 Å². The van der Waals surface area contributed by atoms with Crippen molar-refractivity contribution in [2.24, 2.45) is 0 Å². The predicted molar refractivity (Wildman–Crippen MR) is 75.1 cm³/mol. The normalized spacial score (nSPS) is 15.6. The minimum Gasteiger partial charge on any atom is -0.394 e. The zero-order valence-electron chi connectivity index (χ0n) is 10.9. The summed E-state index contributed by atoms with van der Waals surface area (Å²) in [5.74, 6) is -0.262. The van der Waals surface area contributed by atoms with Crippen LogP contribution in [0.3, 0.4) is 0 Å². The van der Waals surface area contributed by atoms with Gasteiger partial charge in [0.25, 0.3) is 5.91 Å². The second-order valence-corrected chi connectivity index (χ2v) is 6.00. The van der Waals surface area contributed by atoms with Gasteiger partial charge in [0.2, 0.25) is 0 Å². The Morgan fingerprint density at radius 2 is 2.16 bits per heavy atom. The summed E-state index contributed by atoms with van der Waals surface area (Å²) < 4.78 is 2.81. The molecule has 1 saturated carbocycles. The number of nitrogens with zero attached hydrogens (tertiary/aromatic N) is 1. The van der Waals surface area contributed by atoms with Crippen molar-refractivity contribution in [2.75, 3.05) is 13.2 Å². The van der Waals surface area contributed by atoms with Gasteiger partial charge in [0.15, 0.2) is 0 Å². The molecule has 19 heavy (non-hydrogen) atoms. The first kappa shape index (κ1) is 14.6. The lowest BCUT2D eigenvalue weighted by Gasteiger charge is -2.29. The first-order chi connectivity index (χ1) is 9.05. The van der Waals surface area contributed by atoms with Crippen molar-refractivity contribution in [1.82, 2.24) is 9.88 Å². The standard InChI is InChI=1S/C13H19BrN2O3/c1-2-13(7-17,8-18)15-12(19)11-5-9(14)6-16(11)10-3-4-10/h5-6,10,17-18H,2-4,7-8H2,1H3,(H,15,19). The quantitative estimate of drug-likeness (QED) is 0.739. The van der Waals surface area contributed by atoms with Crippen molar-refractivity contribution >= 4 is 21.8 Å². The van der Waals surface area contributed by atoms with E-state index in [9.17, 15) is 15.0 Å². The summed E-state index contributed by atoms with van der Waals surface area (Å²) in [4.78, 5) is 12.3. The van der Waals surface area contributed by atoms with Gasteiger partial charge in [-0.1, -0.05) is 6.92 Å². The van der Waals surface area contributed by atoms with Crippen LogP contribution in [0.25, 0.3) is 0 Å². The summed E-state index contributed by atoms with van der Waals surface area (Å²) in [6.45, 7) is 1.26. The number of hydrogen-bond donors (Lipinski definition) is 3. The number of aliphatic hydroxyl groups is 2. The molecule has 1 fully saturated rings. The third-order valence-electron chi connectivity index (χ3n) is 3.65. The third-order valence-corrected chi connectivity index (χ3v) is 4.08. The number of carbonyl (C=O) groups is 1. The highest BCUT2D eigenvalue weighted by molar-refractivity contribution is 9.10. The lowest BCUT2D eigenvalue weighted by Crippen LogP contribution is -2.54. The Balaban J connectivity index is 2.19. The number of aromatic nitrogens is 1. The Morgan fingerprint density at radius 1 is 1.53 bits per heavy atom. The van der Waals surface area contributed by atoms with Crippen LogP contribution in [-0.2, 0) is 0 Å². The van der Waals surface area contributed by atoms with Crippen LogP contribution >= 0.6 is 15.9 Å². The number of halogens is 1. The molecule has 0 aliphatic heterocycles. The number of rotatable bonds is 6.